The number of benzene rings is 2. The van der Waals surface area contributed by atoms with E-state index in [-0.39, 0.29) is 12.1 Å². The highest BCUT2D eigenvalue weighted by molar-refractivity contribution is 9.10. The van der Waals surface area contributed by atoms with Crippen molar-refractivity contribution in [3.05, 3.63) is 57.6 Å². The zero-order valence-electron chi connectivity index (χ0n) is 12.1. The van der Waals surface area contributed by atoms with Gasteiger partial charge in [0.1, 0.15) is 17.6 Å². The Bertz CT molecular complexity index is 672. The Balaban J connectivity index is 1.93. The Morgan fingerprint density at radius 3 is 2.76 bits per heavy atom. The highest BCUT2D eigenvalue weighted by Crippen LogP contribution is 2.41. The highest BCUT2D eigenvalue weighted by atomic mass is 79.9. The molecule has 2 aromatic rings. The highest BCUT2D eigenvalue weighted by Gasteiger charge is 2.27. The summed E-state index contributed by atoms with van der Waals surface area (Å²) in [6.45, 7) is 2.04. The number of halogens is 1. The van der Waals surface area contributed by atoms with Gasteiger partial charge < -0.3 is 15.2 Å². The van der Waals surface area contributed by atoms with Crippen molar-refractivity contribution in [2.75, 3.05) is 7.11 Å². The molecule has 0 saturated heterocycles. The maximum Gasteiger partial charge on any atom is 0.126 e. The van der Waals surface area contributed by atoms with Gasteiger partial charge in [-0.25, -0.2) is 0 Å². The number of methoxy groups -OCH3 is 1. The summed E-state index contributed by atoms with van der Waals surface area (Å²) < 4.78 is 12.5. The molecule has 1 heterocycles. The fourth-order valence-corrected chi connectivity index (χ4v) is 3.12. The van der Waals surface area contributed by atoms with Gasteiger partial charge in [-0.3, -0.25) is 0 Å². The molecule has 0 fully saturated rings. The molecule has 4 heteroatoms. The molecule has 2 N–H and O–H groups in total. The number of aryl methyl sites for hydroxylation is 1. The van der Waals surface area contributed by atoms with E-state index in [4.69, 9.17) is 15.2 Å². The number of hydrogen-bond acceptors (Lipinski definition) is 3. The summed E-state index contributed by atoms with van der Waals surface area (Å²) in [5.74, 6) is 1.75. The monoisotopic (exact) mass is 347 g/mol. The molecule has 0 amide bonds. The van der Waals surface area contributed by atoms with E-state index in [1.165, 1.54) is 0 Å². The molecule has 21 heavy (non-hydrogen) atoms. The van der Waals surface area contributed by atoms with Gasteiger partial charge in [0.25, 0.3) is 0 Å². The number of nitrogens with two attached hydrogens (primary N) is 1. The van der Waals surface area contributed by atoms with Crippen molar-refractivity contribution >= 4 is 15.9 Å². The van der Waals surface area contributed by atoms with E-state index in [1.807, 2.05) is 37.3 Å². The number of ether oxygens (including phenoxy) is 2. The molecule has 0 saturated carbocycles. The molecule has 1 unspecified atom stereocenters. The van der Waals surface area contributed by atoms with Gasteiger partial charge in [-0.2, -0.15) is 0 Å². The second kappa shape index (κ2) is 5.70. The Morgan fingerprint density at radius 2 is 2.05 bits per heavy atom. The summed E-state index contributed by atoms with van der Waals surface area (Å²) >= 11 is 3.48. The lowest BCUT2D eigenvalue weighted by molar-refractivity contribution is 0.161. The number of hydrogen-bond donors (Lipinski definition) is 1. The van der Waals surface area contributed by atoms with Crippen molar-refractivity contribution in [3.8, 4) is 11.5 Å². The maximum absolute atomic E-state index is 6.30. The topological polar surface area (TPSA) is 44.5 Å². The van der Waals surface area contributed by atoms with Crippen LogP contribution in [0.1, 0.15) is 35.3 Å². The van der Waals surface area contributed by atoms with Gasteiger partial charge >= 0.3 is 0 Å². The first-order valence-electron chi connectivity index (χ1n) is 6.94. The minimum atomic E-state index is -0.0218. The van der Waals surface area contributed by atoms with Gasteiger partial charge in [0.15, 0.2) is 0 Å². The Labute approximate surface area is 133 Å². The van der Waals surface area contributed by atoms with Crippen molar-refractivity contribution in [3.63, 3.8) is 0 Å². The smallest absolute Gasteiger partial charge is 0.126 e. The third-order valence-corrected chi connectivity index (χ3v) is 4.40. The largest absolute Gasteiger partial charge is 0.496 e. The summed E-state index contributed by atoms with van der Waals surface area (Å²) in [6, 6.07) is 12.1. The van der Waals surface area contributed by atoms with E-state index < -0.39 is 0 Å². The molecule has 2 atom stereocenters. The van der Waals surface area contributed by atoms with Crippen molar-refractivity contribution < 1.29 is 9.47 Å². The fraction of sp³-hybridized carbons (Fsp3) is 0.294. The van der Waals surface area contributed by atoms with E-state index in [9.17, 15) is 0 Å². The first-order chi connectivity index (χ1) is 10.1. The predicted octanol–water partition coefficient (Wildman–Crippen LogP) is 4.29. The molecule has 2 aromatic carbocycles. The van der Waals surface area contributed by atoms with Gasteiger partial charge in [0, 0.05) is 22.5 Å². The Hall–Kier alpha value is -1.52. The van der Waals surface area contributed by atoms with Crippen LogP contribution >= 0.6 is 15.9 Å². The van der Waals surface area contributed by atoms with Gasteiger partial charge in [-0.1, -0.05) is 28.1 Å². The summed E-state index contributed by atoms with van der Waals surface area (Å²) in [5, 5.41) is 0. The van der Waals surface area contributed by atoms with Crippen LogP contribution in [0.4, 0.5) is 0 Å². The predicted molar refractivity (Wildman–Crippen MR) is 86.8 cm³/mol. The average molecular weight is 348 g/mol. The molecular weight excluding hydrogens is 330 g/mol. The van der Waals surface area contributed by atoms with Gasteiger partial charge in [0.2, 0.25) is 0 Å². The van der Waals surface area contributed by atoms with Crippen LogP contribution in [0.2, 0.25) is 0 Å². The SMILES string of the molecule is COc1ccc(C2C[C@H](N)c3ccc(Br)cc3O2)cc1C. The molecule has 0 spiro atoms. The summed E-state index contributed by atoms with van der Waals surface area (Å²) in [6.07, 6.45) is 0.756. The zero-order valence-corrected chi connectivity index (χ0v) is 13.7. The second-order valence-corrected chi connectivity index (χ2v) is 6.28. The Kier molecular flexibility index (Phi) is 3.91. The van der Waals surface area contributed by atoms with Crippen LogP contribution in [0, 0.1) is 6.92 Å². The first-order valence-corrected chi connectivity index (χ1v) is 7.74. The van der Waals surface area contributed by atoms with E-state index in [0.29, 0.717) is 0 Å². The lowest BCUT2D eigenvalue weighted by atomic mass is 9.93. The van der Waals surface area contributed by atoms with Crippen molar-refractivity contribution in [2.45, 2.75) is 25.5 Å². The van der Waals surface area contributed by atoms with E-state index >= 15 is 0 Å². The van der Waals surface area contributed by atoms with E-state index in [2.05, 4.69) is 22.0 Å². The van der Waals surface area contributed by atoms with Crippen LogP contribution in [0.15, 0.2) is 40.9 Å². The normalized spacial score (nSPS) is 20.6. The van der Waals surface area contributed by atoms with Crippen LogP contribution < -0.4 is 15.2 Å². The van der Waals surface area contributed by atoms with E-state index in [0.717, 1.165) is 39.1 Å². The van der Waals surface area contributed by atoms with E-state index in [1.54, 1.807) is 7.11 Å². The van der Waals surface area contributed by atoms with Crippen LogP contribution in [-0.2, 0) is 0 Å². The quantitative estimate of drug-likeness (QED) is 0.881. The third-order valence-electron chi connectivity index (χ3n) is 3.90. The maximum atomic E-state index is 6.30. The molecule has 3 rings (SSSR count). The molecular formula is C17H18BrNO2. The fourth-order valence-electron chi connectivity index (χ4n) is 2.78. The molecule has 1 aliphatic rings. The van der Waals surface area contributed by atoms with Crippen molar-refractivity contribution in [1.82, 2.24) is 0 Å². The number of fused-ring (bicyclic) bond motifs is 1. The lowest BCUT2D eigenvalue weighted by Crippen LogP contribution is -2.24. The van der Waals surface area contributed by atoms with Crippen LogP contribution in [-0.4, -0.2) is 7.11 Å². The van der Waals surface area contributed by atoms with Gasteiger partial charge in [-0.05, 0) is 42.3 Å². The summed E-state index contributed by atoms with van der Waals surface area (Å²) in [7, 11) is 1.68. The second-order valence-electron chi connectivity index (χ2n) is 5.36. The zero-order chi connectivity index (χ0) is 15.0. The molecule has 0 bridgehead atoms. The molecule has 0 radical (unpaired) electrons. The molecule has 0 aromatic heterocycles. The van der Waals surface area contributed by atoms with Crippen LogP contribution in [0.5, 0.6) is 11.5 Å². The minimum absolute atomic E-state index is 0.00532. The van der Waals surface area contributed by atoms with Crippen LogP contribution in [0.25, 0.3) is 0 Å². The van der Waals surface area contributed by atoms with Crippen molar-refractivity contribution in [1.29, 1.82) is 0 Å². The standard InChI is InChI=1S/C17H18BrNO2/c1-10-7-11(3-6-15(10)20-2)16-9-14(19)13-5-4-12(18)8-17(13)21-16/h3-8,14,16H,9,19H2,1-2H3/t14-,16?/m0/s1. The Morgan fingerprint density at radius 1 is 1.24 bits per heavy atom. The first kappa shape index (κ1) is 14.4. The molecule has 110 valence electrons. The van der Waals surface area contributed by atoms with Crippen LogP contribution in [0.3, 0.4) is 0 Å². The summed E-state index contributed by atoms with van der Waals surface area (Å²) in [4.78, 5) is 0. The van der Waals surface area contributed by atoms with Gasteiger partial charge in [-0.15, -0.1) is 0 Å². The average Bonchev–Trinajstić information content (AvgIpc) is 2.46. The van der Waals surface area contributed by atoms with Gasteiger partial charge in [0.05, 0.1) is 7.11 Å². The molecule has 3 nitrogen and oxygen atoms in total. The van der Waals surface area contributed by atoms with Crippen molar-refractivity contribution in [2.24, 2.45) is 5.73 Å². The lowest BCUT2D eigenvalue weighted by Gasteiger charge is -2.31. The molecule has 0 aliphatic carbocycles. The molecule has 1 aliphatic heterocycles. The minimum Gasteiger partial charge on any atom is -0.496 e. The third kappa shape index (κ3) is 2.78. The summed E-state index contributed by atoms with van der Waals surface area (Å²) in [5.41, 5.74) is 9.61. The number of rotatable bonds is 2.